The lowest BCUT2D eigenvalue weighted by molar-refractivity contribution is -0.159. The first-order valence-corrected chi connectivity index (χ1v) is 20.7. The molecule has 10 heteroatoms. The molecule has 2 aliphatic heterocycles. The molecule has 2 heterocycles. The van der Waals surface area contributed by atoms with Crippen molar-refractivity contribution in [2.75, 3.05) is 39.6 Å². The van der Waals surface area contributed by atoms with E-state index in [4.69, 9.17) is 36.0 Å². The van der Waals surface area contributed by atoms with E-state index in [9.17, 15) is 0 Å². The largest absolute Gasteiger partial charge is 0.500 e. The lowest BCUT2D eigenvalue weighted by atomic mass is 9.68. The van der Waals surface area contributed by atoms with Crippen molar-refractivity contribution in [3.05, 3.63) is 0 Å². The van der Waals surface area contributed by atoms with Crippen LogP contribution in [0.25, 0.3) is 0 Å². The lowest BCUT2D eigenvalue weighted by Crippen LogP contribution is -2.46. The van der Waals surface area contributed by atoms with Gasteiger partial charge in [0, 0.05) is 51.7 Å². The Labute approximate surface area is 254 Å². The molecule has 8 nitrogen and oxygen atoms in total. The average Bonchev–Trinajstić information content (AvgIpc) is 2.88. The van der Waals surface area contributed by atoms with Crippen LogP contribution in [0.15, 0.2) is 0 Å². The summed E-state index contributed by atoms with van der Waals surface area (Å²) in [5.41, 5.74) is 0.190. The van der Waals surface area contributed by atoms with Gasteiger partial charge in [0.1, 0.15) is 0 Å². The Balaban J connectivity index is 2.11. The molecule has 0 amide bonds. The van der Waals surface area contributed by atoms with Crippen LogP contribution in [0, 0.1) is 5.41 Å². The second-order valence-electron chi connectivity index (χ2n) is 11.9. The maximum Gasteiger partial charge on any atom is 0.500 e. The van der Waals surface area contributed by atoms with Gasteiger partial charge in [-0.25, -0.2) is 0 Å². The minimum Gasteiger partial charge on any atom is -0.375 e. The Morgan fingerprint density at radius 2 is 0.829 bits per heavy atom. The fourth-order valence-electron chi connectivity index (χ4n) is 6.91. The highest BCUT2D eigenvalue weighted by Crippen LogP contribution is 2.47. The highest BCUT2D eigenvalue weighted by Gasteiger charge is 2.44. The number of hydrogen-bond donors (Lipinski definition) is 0. The Kier molecular flexibility index (Phi) is 17.7. The van der Waals surface area contributed by atoms with Crippen LogP contribution < -0.4 is 0 Å². The van der Waals surface area contributed by atoms with Crippen molar-refractivity contribution in [3.8, 4) is 0 Å². The van der Waals surface area contributed by atoms with Crippen LogP contribution in [0.2, 0.25) is 12.1 Å². The molecule has 4 unspecified atom stereocenters. The summed E-state index contributed by atoms with van der Waals surface area (Å²) >= 11 is 0. The topological polar surface area (TPSA) is 73.8 Å². The van der Waals surface area contributed by atoms with Crippen molar-refractivity contribution in [2.24, 2.45) is 5.41 Å². The van der Waals surface area contributed by atoms with Crippen molar-refractivity contribution in [1.82, 2.24) is 0 Å². The summed E-state index contributed by atoms with van der Waals surface area (Å²) in [5.74, 6) is 0. The van der Waals surface area contributed by atoms with Crippen LogP contribution in [0.3, 0.4) is 0 Å². The van der Waals surface area contributed by atoms with E-state index in [1.807, 2.05) is 41.5 Å². The number of unbranched alkanes of at least 4 members (excludes halogenated alkanes) is 2. The number of ether oxygens (including phenoxy) is 2. The molecule has 2 aliphatic rings. The second-order valence-corrected chi connectivity index (χ2v) is 17.4. The molecule has 0 saturated carbocycles. The zero-order valence-corrected chi connectivity index (χ0v) is 29.8. The third-order valence-electron chi connectivity index (χ3n) is 8.43. The van der Waals surface area contributed by atoms with Gasteiger partial charge in [-0.3, -0.25) is 0 Å². The lowest BCUT2D eigenvalue weighted by Gasteiger charge is -2.46. The van der Waals surface area contributed by atoms with Gasteiger partial charge in [0.05, 0.1) is 24.4 Å². The molecule has 244 valence electrons. The van der Waals surface area contributed by atoms with E-state index in [1.54, 1.807) is 0 Å². The number of rotatable bonds is 26. The molecular weight excluding hydrogens is 557 g/mol. The maximum absolute atomic E-state index is 6.21. The molecule has 0 spiro atoms. The van der Waals surface area contributed by atoms with Gasteiger partial charge in [-0.1, -0.05) is 12.8 Å². The average molecular weight is 621 g/mol. The van der Waals surface area contributed by atoms with Crippen LogP contribution >= 0.6 is 0 Å². The third-order valence-corrected chi connectivity index (χ3v) is 14.7. The predicted octanol–water partition coefficient (Wildman–Crippen LogP) is 7.55. The molecule has 2 fully saturated rings. The quantitative estimate of drug-likeness (QED) is 0.0725. The highest BCUT2D eigenvalue weighted by molar-refractivity contribution is 6.61. The Bertz CT molecular complexity index is 582. The van der Waals surface area contributed by atoms with E-state index in [0.29, 0.717) is 64.1 Å². The summed E-state index contributed by atoms with van der Waals surface area (Å²) in [7, 11) is -5.26. The molecule has 0 N–H and O–H groups in total. The van der Waals surface area contributed by atoms with Crippen molar-refractivity contribution in [1.29, 1.82) is 0 Å². The molecule has 2 saturated heterocycles. The fourth-order valence-corrected chi connectivity index (χ4v) is 12.3. The van der Waals surface area contributed by atoms with E-state index in [-0.39, 0.29) is 5.41 Å². The van der Waals surface area contributed by atoms with Gasteiger partial charge >= 0.3 is 17.6 Å². The van der Waals surface area contributed by atoms with Crippen LogP contribution in [0.5, 0.6) is 0 Å². The van der Waals surface area contributed by atoms with E-state index in [2.05, 4.69) is 13.8 Å². The zero-order valence-electron chi connectivity index (χ0n) is 27.8. The maximum atomic E-state index is 6.21. The zero-order chi connectivity index (χ0) is 30.2. The molecule has 0 aromatic heterocycles. The normalized spacial score (nSPS) is 23.4. The molecule has 2 rings (SSSR count). The molecule has 0 aromatic carbocycles. The first kappa shape index (κ1) is 37.3. The van der Waals surface area contributed by atoms with Crippen molar-refractivity contribution in [2.45, 2.75) is 156 Å². The summed E-state index contributed by atoms with van der Waals surface area (Å²) in [6.45, 7) is 20.3. The Morgan fingerprint density at radius 1 is 0.537 bits per heavy atom. The molecule has 4 atom stereocenters. The van der Waals surface area contributed by atoms with Crippen LogP contribution in [0.1, 0.15) is 120 Å². The minimum atomic E-state index is -2.63. The van der Waals surface area contributed by atoms with Crippen molar-refractivity contribution < 1.29 is 36.0 Å². The highest BCUT2D eigenvalue weighted by atomic mass is 28.4. The van der Waals surface area contributed by atoms with Gasteiger partial charge in [-0.15, -0.1) is 0 Å². The molecule has 41 heavy (non-hydrogen) atoms. The summed E-state index contributed by atoms with van der Waals surface area (Å²) in [6.07, 6.45) is 12.7. The Hall–Kier alpha value is 0.114. The molecule has 0 aliphatic carbocycles. The van der Waals surface area contributed by atoms with E-state index < -0.39 is 17.6 Å². The van der Waals surface area contributed by atoms with Crippen LogP contribution in [-0.4, -0.2) is 81.7 Å². The first-order valence-electron chi connectivity index (χ1n) is 16.9. The van der Waals surface area contributed by atoms with Crippen LogP contribution in [0.4, 0.5) is 0 Å². The Morgan fingerprint density at radius 3 is 1.07 bits per heavy atom. The molecular formula is C31H64O8Si2. The number of hydrogen-bond acceptors (Lipinski definition) is 8. The summed E-state index contributed by atoms with van der Waals surface area (Å²) in [4.78, 5) is 0. The van der Waals surface area contributed by atoms with Crippen molar-refractivity contribution in [3.63, 3.8) is 0 Å². The van der Waals surface area contributed by atoms with Gasteiger partial charge in [0.15, 0.2) is 0 Å². The monoisotopic (exact) mass is 620 g/mol. The smallest absolute Gasteiger partial charge is 0.375 e. The molecule has 0 radical (unpaired) electrons. The van der Waals surface area contributed by atoms with Gasteiger partial charge in [-0.05, 0) is 112 Å². The van der Waals surface area contributed by atoms with E-state index in [0.717, 1.165) is 76.3 Å². The minimum absolute atomic E-state index is 0.190. The first-order chi connectivity index (χ1) is 19.7. The summed E-state index contributed by atoms with van der Waals surface area (Å²) in [5, 5.41) is 0. The van der Waals surface area contributed by atoms with Gasteiger partial charge in [-0.2, -0.15) is 0 Å². The third kappa shape index (κ3) is 12.6. The second kappa shape index (κ2) is 19.5. The summed E-state index contributed by atoms with van der Waals surface area (Å²) in [6, 6.07) is 1.75. The van der Waals surface area contributed by atoms with Gasteiger partial charge in [0.2, 0.25) is 0 Å². The molecule has 0 aromatic rings. The standard InChI is InChI=1S/C31H64O8Si2/c1-9-32-40(33-10-2,34-11-3)21-17-15-19-31(25-29-23-27(7)38-29,26-30-24-28(8)39-30)20-16-18-22-41(35-12-4,36-13-5)37-14-6/h27-30H,9-26H2,1-8H3. The van der Waals surface area contributed by atoms with E-state index in [1.165, 1.54) is 0 Å². The molecule has 0 bridgehead atoms. The van der Waals surface area contributed by atoms with Gasteiger partial charge < -0.3 is 36.0 Å². The van der Waals surface area contributed by atoms with Crippen LogP contribution in [-0.2, 0) is 36.0 Å². The predicted molar refractivity (Wildman–Crippen MR) is 168 cm³/mol. The SMILES string of the molecule is CCO[Si](CCCCC(CCCC[Si](OCC)(OCC)OCC)(CC1CC(C)O1)CC1CC(C)O1)(OCC)OCC. The summed E-state index contributed by atoms with van der Waals surface area (Å²) < 4.78 is 49.3. The van der Waals surface area contributed by atoms with Crippen molar-refractivity contribution >= 4 is 17.6 Å². The fraction of sp³-hybridized carbons (Fsp3) is 1.00. The van der Waals surface area contributed by atoms with Gasteiger partial charge in [0.25, 0.3) is 0 Å². The van der Waals surface area contributed by atoms with E-state index >= 15 is 0 Å².